The largest absolute Gasteiger partial charge is 0.491 e. The Morgan fingerprint density at radius 1 is 1.05 bits per heavy atom. The predicted octanol–water partition coefficient (Wildman–Crippen LogP) is 4.65. The van der Waals surface area contributed by atoms with Gasteiger partial charge in [-0.3, -0.25) is 0 Å². The van der Waals surface area contributed by atoms with Crippen molar-refractivity contribution in [3.05, 3.63) is 58.7 Å². The van der Waals surface area contributed by atoms with Crippen LogP contribution in [-0.4, -0.2) is 74.6 Å². The van der Waals surface area contributed by atoms with Gasteiger partial charge in [0, 0.05) is 18.9 Å². The first-order valence-corrected chi connectivity index (χ1v) is 13.2. The van der Waals surface area contributed by atoms with E-state index in [2.05, 4.69) is 9.97 Å². The van der Waals surface area contributed by atoms with Crippen molar-refractivity contribution in [2.24, 2.45) is 0 Å². The fraction of sp³-hybridized carbons (Fsp3) is 0.240. The SMILES string of the molecule is COCOc1cccc(-c2c(-c3ccnc(SC)n3)nc(-c3c(Cl)cc(OCC(O)CO)cc3Cl)n2O)c1. The normalized spacial score (nSPS) is 11.9. The van der Waals surface area contributed by atoms with Gasteiger partial charge in [-0.25, -0.2) is 15.0 Å². The number of aliphatic hydroxyl groups excluding tert-OH is 2. The minimum Gasteiger partial charge on any atom is -0.491 e. The Hall–Kier alpha value is -3.06. The number of nitrogens with zero attached hydrogens (tertiary/aromatic N) is 4. The van der Waals surface area contributed by atoms with Crippen molar-refractivity contribution in [2.75, 3.05) is 33.4 Å². The topological polar surface area (TPSA) is 132 Å². The third-order valence-corrected chi connectivity index (χ3v) is 6.41. The maximum Gasteiger partial charge on any atom is 0.188 e. The van der Waals surface area contributed by atoms with E-state index < -0.39 is 12.7 Å². The van der Waals surface area contributed by atoms with Crippen molar-refractivity contribution < 1.29 is 29.6 Å². The minimum atomic E-state index is -1.06. The highest BCUT2D eigenvalue weighted by Crippen LogP contribution is 2.42. The molecule has 38 heavy (non-hydrogen) atoms. The molecule has 2 heterocycles. The van der Waals surface area contributed by atoms with E-state index in [1.54, 1.807) is 36.5 Å². The first kappa shape index (κ1) is 28.0. The van der Waals surface area contributed by atoms with E-state index >= 15 is 0 Å². The number of ether oxygens (including phenoxy) is 3. The van der Waals surface area contributed by atoms with Crippen LogP contribution in [0.4, 0.5) is 0 Å². The van der Waals surface area contributed by atoms with Gasteiger partial charge in [0.1, 0.15) is 35.6 Å². The minimum absolute atomic E-state index is 0.0535. The number of rotatable bonds is 11. The molecule has 0 spiro atoms. The summed E-state index contributed by atoms with van der Waals surface area (Å²) in [5.74, 6) is 0.865. The third kappa shape index (κ3) is 6.15. The van der Waals surface area contributed by atoms with Crippen molar-refractivity contribution >= 4 is 35.0 Å². The third-order valence-electron chi connectivity index (χ3n) is 5.26. The summed E-state index contributed by atoms with van der Waals surface area (Å²) in [4.78, 5) is 13.5. The van der Waals surface area contributed by atoms with Gasteiger partial charge < -0.3 is 29.6 Å². The Bertz CT molecular complexity index is 1400. The number of imidazole rings is 1. The van der Waals surface area contributed by atoms with Crippen LogP contribution < -0.4 is 9.47 Å². The predicted molar refractivity (Wildman–Crippen MR) is 144 cm³/mol. The number of halogens is 2. The van der Waals surface area contributed by atoms with E-state index in [4.69, 9.17) is 47.5 Å². The highest BCUT2D eigenvalue weighted by Gasteiger charge is 2.26. The summed E-state index contributed by atoms with van der Waals surface area (Å²) in [6.07, 6.45) is 2.41. The van der Waals surface area contributed by atoms with Gasteiger partial charge in [0.05, 0.1) is 27.9 Å². The summed E-state index contributed by atoms with van der Waals surface area (Å²) in [7, 11) is 1.52. The second kappa shape index (κ2) is 12.7. The number of aliphatic hydroxyl groups is 2. The van der Waals surface area contributed by atoms with Crippen molar-refractivity contribution in [1.82, 2.24) is 19.7 Å². The van der Waals surface area contributed by atoms with Crippen LogP contribution in [0.2, 0.25) is 10.0 Å². The summed E-state index contributed by atoms with van der Waals surface area (Å²) in [5.41, 5.74) is 2.00. The van der Waals surface area contributed by atoms with E-state index in [1.807, 2.05) is 6.26 Å². The molecule has 2 aromatic heterocycles. The lowest BCUT2D eigenvalue weighted by atomic mass is 10.1. The zero-order chi connectivity index (χ0) is 27.2. The number of thioether (sulfide) groups is 1. The molecule has 13 heteroatoms. The van der Waals surface area contributed by atoms with Crippen LogP contribution in [0.5, 0.6) is 11.5 Å². The van der Waals surface area contributed by atoms with Crippen LogP contribution in [-0.2, 0) is 4.74 Å². The lowest BCUT2D eigenvalue weighted by Crippen LogP contribution is -2.21. The Balaban J connectivity index is 1.86. The van der Waals surface area contributed by atoms with Gasteiger partial charge in [-0.2, -0.15) is 4.73 Å². The molecule has 0 saturated carbocycles. The average molecular weight is 579 g/mol. The van der Waals surface area contributed by atoms with E-state index in [0.29, 0.717) is 33.6 Å². The number of benzene rings is 2. The molecule has 3 N–H and O–H groups in total. The van der Waals surface area contributed by atoms with Crippen molar-refractivity contribution in [2.45, 2.75) is 11.3 Å². The summed E-state index contributed by atoms with van der Waals surface area (Å²) in [5, 5.41) is 30.8. The highest BCUT2D eigenvalue weighted by molar-refractivity contribution is 7.98. The molecule has 0 aliphatic rings. The summed E-state index contributed by atoms with van der Waals surface area (Å²) >= 11 is 14.5. The van der Waals surface area contributed by atoms with Gasteiger partial charge in [0.2, 0.25) is 0 Å². The van der Waals surface area contributed by atoms with Gasteiger partial charge in [0.25, 0.3) is 0 Å². The molecule has 0 fully saturated rings. The molecule has 0 bridgehead atoms. The van der Waals surface area contributed by atoms with E-state index in [-0.39, 0.29) is 40.6 Å². The van der Waals surface area contributed by atoms with Gasteiger partial charge >= 0.3 is 0 Å². The Morgan fingerprint density at radius 3 is 2.50 bits per heavy atom. The average Bonchev–Trinajstić information content (AvgIpc) is 3.26. The first-order valence-electron chi connectivity index (χ1n) is 11.2. The second-order valence-electron chi connectivity index (χ2n) is 7.86. The summed E-state index contributed by atoms with van der Waals surface area (Å²) < 4.78 is 16.9. The number of aromatic nitrogens is 4. The lowest BCUT2D eigenvalue weighted by Gasteiger charge is -2.13. The van der Waals surface area contributed by atoms with Crippen LogP contribution in [0.1, 0.15) is 0 Å². The van der Waals surface area contributed by atoms with Gasteiger partial charge in [-0.1, -0.05) is 47.1 Å². The smallest absolute Gasteiger partial charge is 0.188 e. The van der Waals surface area contributed by atoms with Crippen LogP contribution in [0, 0.1) is 0 Å². The molecule has 0 amide bonds. The fourth-order valence-corrected chi connectivity index (χ4v) is 4.53. The monoisotopic (exact) mass is 578 g/mol. The quantitative estimate of drug-likeness (QED) is 0.0998. The summed E-state index contributed by atoms with van der Waals surface area (Å²) in [6.45, 7) is -0.553. The van der Waals surface area contributed by atoms with Gasteiger partial charge in [-0.15, -0.1) is 0 Å². The Kier molecular flexibility index (Phi) is 9.31. The van der Waals surface area contributed by atoms with Gasteiger partial charge in [-0.05, 0) is 36.6 Å². The molecular formula is C25H24Cl2N4O6S. The van der Waals surface area contributed by atoms with Crippen molar-refractivity contribution in [3.63, 3.8) is 0 Å². The Labute approximate surface area is 232 Å². The van der Waals surface area contributed by atoms with E-state index in [1.165, 1.54) is 31.0 Å². The van der Waals surface area contributed by atoms with Crippen LogP contribution in [0.3, 0.4) is 0 Å². The van der Waals surface area contributed by atoms with Crippen LogP contribution >= 0.6 is 35.0 Å². The zero-order valence-electron chi connectivity index (χ0n) is 20.3. The molecule has 4 rings (SSSR count). The van der Waals surface area contributed by atoms with E-state index in [9.17, 15) is 10.3 Å². The molecule has 10 nitrogen and oxygen atoms in total. The summed E-state index contributed by atoms with van der Waals surface area (Å²) in [6, 6.07) is 11.7. The molecule has 200 valence electrons. The highest BCUT2D eigenvalue weighted by atomic mass is 35.5. The lowest BCUT2D eigenvalue weighted by molar-refractivity contribution is 0.0511. The molecule has 1 unspecified atom stereocenters. The molecule has 2 aromatic carbocycles. The molecular weight excluding hydrogens is 555 g/mol. The van der Waals surface area contributed by atoms with Crippen LogP contribution in [0.15, 0.2) is 53.8 Å². The molecule has 1 atom stereocenters. The Morgan fingerprint density at radius 2 is 1.82 bits per heavy atom. The molecule has 0 aliphatic carbocycles. The maximum atomic E-state index is 11.4. The first-order chi connectivity index (χ1) is 18.4. The molecule has 0 saturated heterocycles. The van der Waals surface area contributed by atoms with E-state index in [0.717, 1.165) is 4.73 Å². The second-order valence-corrected chi connectivity index (χ2v) is 9.45. The standard InChI is InChI=1S/C25H24Cl2N4O6S/c1-35-13-37-16-5-3-4-14(8-16)23-22(20-6-7-28-25(29-20)38-2)30-24(31(23)34)21-18(26)9-17(10-19(21)27)36-12-15(33)11-32/h3-10,15,32-34H,11-13H2,1-2H3. The maximum absolute atomic E-state index is 11.4. The molecule has 0 radical (unpaired) electrons. The number of methoxy groups -OCH3 is 1. The molecule has 4 aromatic rings. The van der Waals surface area contributed by atoms with Crippen LogP contribution in [0.25, 0.3) is 34.0 Å². The number of hydrogen-bond donors (Lipinski definition) is 3. The molecule has 0 aliphatic heterocycles. The van der Waals surface area contributed by atoms with Gasteiger partial charge in [0.15, 0.2) is 17.8 Å². The fourth-order valence-electron chi connectivity index (χ4n) is 3.53. The zero-order valence-corrected chi connectivity index (χ0v) is 22.7. The van der Waals surface area contributed by atoms with Crippen molar-refractivity contribution in [1.29, 1.82) is 0 Å². The van der Waals surface area contributed by atoms with Crippen molar-refractivity contribution in [3.8, 4) is 45.5 Å². The number of hydrogen-bond acceptors (Lipinski definition) is 10.